The van der Waals surface area contributed by atoms with Gasteiger partial charge in [0.15, 0.2) is 6.29 Å². The molecule has 3 aliphatic rings. The molecule has 5 atom stereocenters. The maximum Gasteiger partial charge on any atom is 0.269 e. The maximum absolute atomic E-state index is 12.5. The van der Waals surface area contributed by atoms with Gasteiger partial charge in [-0.25, -0.2) is 0 Å². The molecule has 3 rings (SSSR count). The summed E-state index contributed by atoms with van der Waals surface area (Å²) in [6, 6.07) is -1.30. The Morgan fingerprint density at radius 2 is 1.64 bits per heavy atom. The third-order valence-corrected chi connectivity index (χ3v) is 6.54. The second-order valence-corrected chi connectivity index (χ2v) is 7.49. The van der Waals surface area contributed by atoms with Crippen LogP contribution < -0.4 is 0 Å². The summed E-state index contributed by atoms with van der Waals surface area (Å²) in [5.41, 5.74) is 0. The fraction of sp³-hybridized carbons (Fsp3) is 0.692. The van der Waals surface area contributed by atoms with Crippen LogP contribution in [0.15, 0.2) is 9.81 Å². The molecule has 0 aliphatic carbocycles. The van der Waals surface area contributed by atoms with Gasteiger partial charge in [0, 0.05) is 11.5 Å². The highest BCUT2D eigenvalue weighted by Crippen LogP contribution is 2.42. The molecular weight excluding hydrogens is 330 g/mol. The first kappa shape index (κ1) is 16.3. The van der Waals surface area contributed by atoms with Crippen LogP contribution >= 0.6 is 23.5 Å². The molecule has 2 amide bonds. The Morgan fingerprint density at radius 1 is 1.09 bits per heavy atom. The summed E-state index contributed by atoms with van der Waals surface area (Å²) in [4.78, 5) is 26.4. The molecule has 7 nitrogen and oxygen atoms in total. The molecular formula is C13H17NO6S2. The minimum Gasteiger partial charge on any atom is -0.388 e. The Labute approximate surface area is 135 Å². The number of imide groups is 1. The van der Waals surface area contributed by atoms with Crippen LogP contribution in [0, 0.1) is 0 Å². The first-order valence-corrected chi connectivity index (χ1v) is 9.02. The molecule has 0 bridgehead atoms. The van der Waals surface area contributed by atoms with Crippen LogP contribution in [0.1, 0.15) is 13.3 Å². The third-order valence-electron chi connectivity index (χ3n) is 4.00. The molecule has 0 aromatic heterocycles. The largest absolute Gasteiger partial charge is 0.388 e. The van der Waals surface area contributed by atoms with Gasteiger partial charge in [0.05, 0.1) is 15.9 Å². The van der Waals surface area contributed by atoms with Crippen molar-refractivity contribution in [2.45, 2.75) is 44.0 Å². The average molecular weight is 347 g/mol. The van der Waals surface area contributed by atoms with Crippen molar-refractivity contribution >= 4 is 35.3 Å². The van der Waals surface area contributed by atoms with Crippen LogP contribution in [-0.4, -0.2) is 74.2 Å². The number of ether oxygens (including phenoxy) is 1. The first-order valence-electron chi connectivity index (χ1n) is 7.04. The average Bonchev–Trinajstić information content (AvgIpc) is 2.77. The fourth-order valence-corrected chi connectivity index (χ4v) is 5.18. The van der Waals surface area contributed by atoms with E-state index < -0.39 is 42.5 Å². The summed E-state index contributed by atoms with van der Waals surface area (Å²) in [5, 5.41) is 30.4. The second-order valence-electron chi connectivity index (χ2n) is 5.28. The topological polar surface area (TPSA) is 107 Å². The van der Waals surface area contributed by atoms with Gasteiger partial charge in [0.25, 0.3) is 11.8 Å². The SMILES string of the molecule is CCC1O[C@@H](O)[C@@H](N2C(=O)C3=C(SCCS3)C2=O)[C@@H](O)[C@@H]1O. The van der Waals surface area contributed by atoms with Crippen molar-refractivity contribution in [1.29, 1.82) is 0 Å². The lowest BCUT2D eigenvalue weighted by molar-refractivity contribution is -0.262. The number of thioether (sulfide) groups is 2. The van der Waals surface area contributed by atoms with Crippen molar-refractivity contribution in [1.82, 2.24) is 4.90 Å². The van der Waals surface area contributed by atoms with Gasteiger partial charge >= 0.3 is 0 Å². The third kappa shape index (κ3) is 2.40. The molecule has 0 aromatic rings. The molecule has 3 heterocycles. The number of aliphatic hydroxyl groups excluding tert-OH is 3. The molecule has 9 heteroatoms. The van der Waals surface area contributed by atoms with E-state index in [9.17, 15) is 24.9 Å². The number of carbonyl (C=O) groups excluding carboxylic acids is 2. The standard InChI is InChI=1S/C13H17NO6S2/c1-2-5-7(15)8(16)6(13(19)20-5)14-11(17)9-10(12(14)18)22-4-3-21-9/h5-8,13,15-16,19H,2-4H2,1H3/t5?,6-,7+,8+,13+/m0/s1. The van der Waals surface area contributed by atoms with E-state index in [1.165, 1.54) is 23.5 Å². The maximum atomic E-state index is 12.5. The van der Waals surface area contributed by atoms with Crippen LogP contribution in [0.4, 0.5) is 0 Å². The van der Waals surface area contributed by atoms with Crippen molar-refractivity contribution in [2.24, 2.45) is 0 Å². The lowest BCUT2D eigenvalue weighted by atomic mass is 9.94. The van der Waals surface area contributed by atoms with Gasteiger partial charge in [-0.05, 0) is 6.42 Å². The summed E-state index contributed by atoms with van der Waals surface area (Å²) >= 11 is 2.60. The highest BCUT2D eigenvalue weighted by molar-refractivity contribution is 8.11. The zero-order chi connectivity index (χ0) is 16.0. The molecule has 0 aromatic carbocycles. The van der Waals surface area contributed by atoms with E-state index in [2.05, 4.69) is 0 Å². The van der Waals surface area contributed by atoms with Crippen LogP contribution in [-0.2, 0) is 14.3 Å². The number of hydrogen-bond donors (Lipinski definition) is 3. The van der Waals surface area contributed by atoms with Crippen LogP contribution in [0.25, 0.3) is 0 Å². The van der Waals surface area contributed by atoms with Gasteiger partial charge in [-0.2, -0.15) is 0 Å². The van der Waals surface area contributed by atoms with E-state index in [0.29, 0.717) is 16.2 Å². The first-order chi connectivity index (χ1) is 10.5. The molecule has 0 spiro atoms. The Morgan fingerprint density at radius 3 is 2.14 bits per heavy atom. The summed E-state index contributed by atoms with van der Waals surface area (Å²) in [6.07, 6.45) is -4.58. The highest BCUT2D eigenvalue weighted by atomic mass is 32.2. The quantitative estimate of drug-likeness (QED) is 0.561. The summed E-state index contributed by atoms with van der Waals surface area (Å²) in [6.45, 7) is 1.74. The Balaban J connectivity index is 1.88. The van der Waals surface area contributed by atoms with Gasteiger partial charge in [0.2, 0.25) is 0 Å². The second kappa shape index (κ2) is 6.14. The number of aliphatic hydroxyl groups is 3. The van der Waals surface area contributed by atoms with Crippen LogP contribution in [0.3, 0.4) is 0 Å². The smallest absolute Gasteiger partial charge is 0.269 e. The highest BCUT2D eigenvalue weighted by Gasteiger charge is 2.53. The summed E-state index contributed by atoms with van der Waals surface area (Å²) in [5.74, 6) is 0.379. The normalized spacial score (nSPS) is 39.5. The van der Waals surface area contributed by atoms with Gasteiger partial charge in [-0.1, -0.05) is 6.92 Å². The minimum absolute atomic E-state index is 0.354. The lowest BCUT2D eigenvalue weighted by Crippen LogP contribution is -2.64. The van der Waals surface area contributed by atoms with E-state index in [-0.39, 0.29) is 0 Å². The predicted molar refractivity (Wildman–Crippen MR) is 80.8 cm³/mol. The zero-order valence-electron chi connectivity index (χ0n) is 11.8. The summed E-state index contributed by atoms with van der Waals surface area (Å²) < 4.78 is 5.26. The molecule has 3 aliphatic heterocycles. The Kier molecular flexibility index (Phi) is 4.54. The summed E-state index contributed by atoms with van der Waals surface area (Å²) in [7, 11) is 0. The van der Waals surface area contributed by atoms with Crippen molar-refractivity contribution in [2.75, 3.05) is 11.5 Å². The number of nitrogens with zero attached hydrogens (tertiary/aromatic N) is 1. The van der Waals surface area contributed by atoms with Gasteiger partial charge in [-0.3, -0.25) is 14.5 Å². The van der Waals surface area contributed by atoms with Gasteiger partial charge in [-0.15, -0.1) is 23.5 Å². The predicted octanol–water partition coefficient (Wildman–Crippen LogP) is -0.736. The number of amides is 2. The Bertz CT molecular complexity index is 511. The van der Waals surface area contributed by atoms with E-state index in [0.717, 1.165) is 16.4 Å². The monoisotopic (exact) mass is 347 g/mol. The molecule has 22 heavy (non-hydrogen) atoms. The number of carbonyl (C=O) groups is 2. The van der Waals surface area contributed by atoms with Gasteiger partial charge in [0.1, 0.15) is 18.2 Å². The lowest BCUT2D eigenvalue weighted by Gasteiger charge is -2.43. The van der Waals surface area contributed by atoms with E-state index >= 15 is 0 Å². The molecule has 0 saturated carbocycles. The van der Waals surface area contributed by atoms with Crippen LogP contribution in [0.2, 0.25) is 0 Å². The van der Waals surface area contributed by atoms with Gasteiger partial charge < -0.3 is 20.1 Å². The van der Waals surface area contributed by atoms with E-state index in [1.54, 1.807) is 6.92 Å². The van der Waals surface area contributed by atoms with E-state index in [1.807, 2.05) is 0 Å². The molecule has 1 saturated heterocycles. The number of hydrogen-bond acceptors (Lipinski definition) is 8. The van der Waals surface area contributed by atoms with Crippen molar-refractivity contribution in [3.8, 4) is 0 Å². The van der Waals surface area contributed by atoms with Crippen molar-refractivity contribution < 1.29 is 29.6 Å². The number of rotatable bonds is 2. The molecule has 1 fully saturated rings. The molecule has 0 radical (unpaired) electrons. The van der Waals surface area contributed by atoms with Crippen LogP contribution in [0.5, 0.6) is 0 Å². The molecule has 122 valence electrons. The Hall–Kier alpha value is -0.580. The van der Waals surface area contributed by atoms with Crippen molar-refractivity contribution in [3.63, 3.8) is 0 Å². The van der Waals surface area contributed by atoms with E-state index in [4.69, 9.17) is 4.74 Å². The van der Waals surface area contributed by atoms with Crippen molar-refractivity contribution in [3.05, 3.63) is 9.81 Å². The molecule has 1 unspecified atom stereocenters. The minimum atomic E-state index is -1.52. The molecule has 3 N–H and O–H groups in total. The fourth-order valence-electron chi connectivity index (χ4n) is 2.87. The zero-order valence-corrected chi connectivity index (χ0v) is 13.5.